The maximum Gasteiger partial charge on any atom is 0.122 e. The molecule has 0 aromatic heterocycles. The average Bonchev–Trinajstić information content (AvgIpc) is 3.47. The van der Waals surface area contributed by atoms with Crippen molar-refractivity contribution >= 4 is 0 Å². The van der Waals surface area contributed by atoms with Crippen molar-refractivity contribution < 1.29 is 9.47 Å². The zero-order valence-corrected chi connectivity index (χ0v) is 20.5. The van der Waals surface area contributed by atoms with Gasteiger partial charge in [0.1, 0.15) is 11.5 Å². The summed E-state index contributed by atoms with van der Waals surface area (Å²) in [5.74, 6) is 1.95. The maximum atomic E-state index is 5.76. The fourth-order valence-corrected chi connectivity index (χ4v) is 6.80. The summed E-state index contributed by atoms with van der Waals surface area (Å²) in [6.45, 7) is 6.50. The normalized spacial score (nSPS) is 13.7. The number of rotatable bonds is 2. The van der Waals surface area contributed by atoms with Crippen LogP contribution in [0.3, 0.4) is 0 Å². The third-order valence-electron chi connectivity index (χ3n) is 8.22. The molecule has 0 fully saturated rings. The summed E-state index contributed by atoms with van der Waals surface area (Å²) < 4.78 is 11.5. The predicted molar refractivity (Wildman–Crippen MR) is 138 cm³/mol. The molecule has 0 amide bonds. The quantitative estimate of drug-likeness (QED) is 0.278. The molecule has 0 radical (unpaired) electrons. The van der Waals surface area contributed by atoms with Crippen molar-refractivity contribution in [3.8, 4) is 44.9 Å². The molecule has 7 rings (SSSR count). The highest BCUT2D eigenvalue weighted by Crippen LogP contribution is 2.57. The first-order valence-corrected chi connectivity index (χ1v) is 12.1. The number of fused-ring (bicyclic) bond motifs is 12. The van der Waals surface area contributed by atoms with Gasteiger partial charge in [0, 0.05) is 0 Å². The zero-order valence-electron chi connectivity index (χ0n) is 20.5. The van der Waals surface area contributed by atoms with E-state index in [4.69, 9.17) is 9.47 Å². The van der Waals surface area contributed by atoms with Gasteiger partial charge in [0.25, 0.3) is 0 Å². The van der Waals surface area contributed by atoms with E-state index in [1.54, 1.807) is 14.2 Å². The van der Waals surface area contributed by atoms with Crippen LogP contribution in [-0.4, -0.2) is 14.2 Å². The van der Waals surface area contributed by atoms with Crippen LogP contribution in [0, 0.1) is 20.8 Å². The van der Waals surface area contributed by atoms with Crippen LogP contribution in [0.1, 0.15) is 50.1 Å². The highest BCUT2D eigenvalue weighted by atomic mass is 16.5. The van der Waals surface area contributed by atoms with E-state index >= 15 is 0 Å². The molecule has 0 N–H and O–H groups in total. The predicted octanol–water partition coefficient (Wildman–Crippen LogP) is 7.34. The van der Waals surface area contributed by atoms with Gasteiger partial charge < -0.3 is 9.47 Å². The fraction of sp³-hybridized carbons (Fsp3) is 0.250. The lowest BCUT2D eigenvalue weighted by molar-refractivity contribution is 0.411. The Labute approximate surface area is 201 Å². The first kappa shape index (κ1) is 19.9. The van der Waals surface area contributed by atoms with Crippen molar-refractivity contribution in [2.75, 3.05) is 14.2 Å². The monoisotopic (exact) mass is 444 g/mol. The molecule has 3 aliphatic carbocycles. The number of hydrogen-bond donors (Lipinski definition) is 0. The van der Waals surface area contributed by atoms with E-state index in [9.17, 15) is 0 Å². The first-order chi connectivity index (χ1) is 16.5. The summed E-state index contributed by atoms with van der Waals surface area (Å²) in [5, 5.41) is 0. The third-order valence-corrected chi connectivity index (χ3v) is 8.22. The maximum absolute atomic E-state index is 5.76. The van der Waals surface area contributed by atoms with E-state index in [1.165, 1.54) is 83.5 Å². The van der Waals surface area contributed by atoms with E-state index < -0.39 is 0 Å². The smallest absolute Gasteiger partial charge is 0.122 e. The Morgan fingerprint density at radius 3 is 1.44 bits per heavy atom. The van der Waals surface area contributed by atoms with Gasteiger partial charge in [0.05, 0.1) is 14.2 Å². The molecule has 0 spiro atoms. The van der Waals surface area contributed by atoms with Gasteiger partial charge in [-0.3, -0.25) is 0 Å². The summed E-state index contributed by atoms with van der Waals surface area (Å²) in [6.07, 6.45) is 2.99. The highest BCUT2D eigenvalue weighted by Gasteiger charge is 2.37. The highest BCUT2D eigenvalue weighted by molar-refractivity contribution is 6.01. The third kappa shape index (κ3) is 2.46. The summed E-state index contributed by atoms with van der Waals surface area (Å²) in [5.41, 5.74) is 21.1. The molecule has 0 unspecified atom stereocenters. The van der Waals surface area contributed by atoms with Gasteiger partial charge in [-0.15, -0.1) is 0 Å². The summed E-state index contributed by atoms with van der Waals surface area (Å²) in [7, 11) is 3.56. The molecule has 0 saturated carbocycles. The van der Waals surface area contributed by atoms with Gasteiger partial charge in [-0.25, -0.2) is 0 Å². The van der Waals surface area contributed by atoms with Gasteiger partial charge in [0.15, 0.2) is 0 Å². The van der Waals surface area contributed by atoms with Crippen LogP contribution in [0.25, 0.3) is 33.4 Å². The molecule has 4 aromatic carbocycles. The van der Waals surface area contributed by atoms with Crippen LogP contribution in [0.15, 0.2) is 42.5 Å². The molecule has 3 aliphatic rings. The lowest BCUT2D eigenvalue weighted by Crippen LogP contribution is -1.97. The molecule has 168 valence electrons. The second-order valence-electron chi connectivity index (χ2n) is 10.2. The molecule has 0 bridgehead atoms. The van der Waals surface area contributed by atoms with E-state index in [2.05, 4.69) is 63.2 Å². The Balaban J connectivity index is 1.59. The van der Waals surface area contributed by atoms with Crippen LogP contribution in [-0.2, 0) is 19.3 Å². The van der Waals surface area contributed by atoms with Crippen LogP contribution in [0.4, 0.5) is 0 Å². The minimum atomic E-state index is 0.977. The van der Waals surface area contributed by atoms with Crippen LogP contribution in [0.2, 0.25) is 0 Å². The van der Waals surface area contributed by atoms with Crippen LogP contribution >= 0.6 is 0 Å². The number of ether oxygens (including phenoxy) is 2. The van der Waals surface area contributed by atoms with Crippen molar-refractivity contribution in [2.24, 2.45) is 0 Å². The molecule has 0 saturated heterocycles. The molecule has 0 aliphatic heterocycles. The first-order valence-electron chi connectivity index (χ1n) is 12.1. The molecule has 0 atom stereocenters. The Hall–Kier alpha value is -3.52. The largest absolute Gasteiger partial charge is 0.496 e. The number of benzene rings is 4. The van der Waals surface area contributed by atoms with Gasteiger partial charge in [-0.1, -0.05) is 35.9 Å². The Morgan fingerprint density at radius 1 is 0.529 bits per heavy atom. The minimum absolute atomic E-state index is 0.977. The van der Waals surface area contributed by atoms with E-state index in [-0.39, 0.29) is 0 Å². The van der Waals surface area contributed by atoms with Gasteiger partial charge in [-0.05, 0) is 130 Å². The standard InChI is InChI=1S/C32H28O2/c1-16-6-7-22-19(8-16)11-25-30(22)26-12-20-9-17(2)28(33-4)14-23(20)32(26)27-13-21-10-18(3)29(34-5)15-24(21)31(25)27/h6-10,14-15H,11-13H2,1-5H3. The molecular formula is C32H28O2. The Kier molecular flexibility index (Phi) is 3.96. The van der Waals surface area contributed by atoms with Crippen molar-refractivity contribution in [1.29, 1.82) is 0 Å². The van der Waals surface area contributed by atoms with Crippen molar-refractivity contribution in [3.05, 3.63) is 92.5 Å². The second-order valence-corrected chi connectivity index (χ2v) is 10.2. The lowest BCUT2D eigenvalue weighted by atomic mass is 9.86. The molecule has 34 heavy (non-hydrogen) atoms. The van der Waals surface area contributed by atoms with E-state index in [1.807, 2.05) is 0 Å². The van der Waals surface area contributed by atoms with Gasteiger partial charge >= 0.3 is 0 Å². The second kappa shape index (κ2) is 6.76. The topological polar surface area (TPSA) is 18.5 Å². The number of aryl methyl sites for hydroxylation is 3. The number of methoxy groups -OCH3 is 2. The van der Waals surface area contributed by atoms with E-state index in [0.717, 1.165) is 30.8 Å². The molecule has 0 heterocycles. The summed E-state index contributed by atoms with van der Waals surface area (Å²) in [6, 6.07) is 16.2. The van der Waals surface area contributed by atoms with Crippen LogP contribution in [0.5, 0.6) is 11.5 Å². The van der Waals surface area contributed by atoms with Crippen molar-refractivity contribution in [1.82, 2.24) is 0 Å². The van der Waals surface area contributed by atoms with Gasteiger partial charge in [0.2, 0.25) is 0 Å². The van der Waals surface area contributed by atoms with Gasteiger partial charge in [-0.2, -0.15) is 0 Å². The van der Waals surface area contributed by atoms with E-state index in [0.29, 0.717) is 0 Å². The minimum Gasteiger partial charge on any atom is -0.496 e. The molecule has 2 heteroatoms. The molecular weight excluding hydrogens is 416 g/mol. The number of hydrogen-bond acceptors (Lipinski definition) is 2. The Bertz CT molecular complexity index is 1530. The molecule has 4 aromatic rings. The zero-order chi connectivity index (χ0) is 23.3. The summed E-state index contributed by atoms with van der Waals surface area (Å²) >= 11 is 0. The molecule has 2 nitrogen and oxygen atoms in total. The lowest BCUT2D eigenvalue weighted by Gasteiger charge is -2.17. The Morgan fingerprint density at radius 2 is 0.971 bits per heavy atom. The van der Waals surface area contributed by atoms with Crippen molar-refractivity contribution in [3.63, 3.8) is 0 Å². The fourth-order valence-electron chi connectivity index (χ4n) is 6.80. The van der Waals surface area contributed by atoms with Crippen LogP contribution < -0.4 is 9.47 Å². The van der Waals surface area contributed by atoms with Crippen molar-refractivity contribution in [2.45, 2.75) is 40.0 Å². The summed E-state index contributed by atoms with van der Waals surface area (Å²) in [4.78, 5) is 0. The average molecular weight is 445 g/mol. The SMILES string of the molecule is COc1cc2c(cc1C)Cc1c3c(c4c(c1-2)Cc1cc(C)c(OC)cc1-4)Cc1cc(C)ccc1-3.